The summed E-state index contributed by atoms with van der Waals surface area (Å²) in [5, 5.41) is 1.93. The van der Waals surface area contributed by atoms with E-state index >= 15 is 0 Å². The summed E-state index contributed by atoms with van der Waals surface area (Å²) in [6.45, 7) is 0. The maximum absolute atomic E-state index is 4.58. The van der Waals surface area contributed by atoms with Gasteiger partial charge in [0.1, 0.15) is 0 Å². The van der Waals surface area contributed by atoms with Gasteiger partial charge in [0, 0.05) is 11.6 Å². The second-order valence-electron chi connectivity index (χ2n) is 1.48. The molecule has 0 aliphatic carbocycles. The van der Waals surface area contributed by atoms with Gasteiger partial charge >= 0.3 is 0 Å². The van der Waals surface area contributed by atoms with Gasteiger partial charge in [0.2, 0.25) is 0 Å². The van der Waals surface area contributed by atoms with Crippen molar-refractivity contribution in [3.05, 3.63) is 42.3 Å². The average Bonchev–Trinajstić information content (AvgIpc) is 2.67. The first-order chi connectivity index (χ1) is 5.00. The minimum absolute atomic E-state index is 1.46. The highest BCUT2D eigenvalue weighted by Crippen LogP contribution is 1.83. The van der Waals surface area contributed by atoms with Crippen LogP contribution in [0.15, 0.2) is 46.7 Å². The Bertz CT molecular complexity index is 153. The molecular formula is C7H7NOS. The van der Waals surface area contributed by atoms with E-state index in [-0.39, 0.29) is 0 Å². The van der Waals surface area contributed by atoms with Gasteiger partial charge in [-0.15, -0.1) is 0 Å². The van der Waals surface area contributed by atoms with Crippen LogP contribution in [0.5, 0.6) is 0 Å². The largest absolute Gasteiger partial charge is 0.473 e. The van der Waals surface area contributed by atoms with Gasteiger partial charge in [-0.2, -0.15) is 0 Å². The highest BCUT2D eigenvalue weighted by atomic mass is 32.1. The molecule has 0 fully saturated rings. The Labute approximate surface area is 63.3 Å². The Hall–Kier alpha value is -1.09. The van der Waals surface area contributed by atoms with E-state index in [0.29, 0.717) is 0 Å². The second kappa shape index (κ2) is 4.76. The van der Waals surface area contributed by atoms with Gasteiger partial charge in [-0.05, 0) is 29.7 Å². The zero-order chi connectivity index (χ0) is 7.07. The maximum atomic E-state index is 4.58. The van der Waals surface area contributed by atoms with Crippen LogP contribution in [0.25, 0.3) is 0 Å². The van der Waals surface area contributed by atoms with Crippen molar-refractivity contribution in [2.75, 3.05) is 0 Å². The molecule has 2 rings (SSSR count). The molecule has 2 aromatic heterocycles. The van der Waals surface area contributed by atoms with Gasteiger partial charge in [0.25, 0.3) is 0 Å². The van der Waals surface area contributed by atoms with Crippen LogP contribution >= 0.6 is 11.5 Å². The van der Waals surface area contributed by atoms with Crippen molar-refractivity contribution in [2.24, 2.45) is 0 Å². The second-order valence-corrected chi connectivity index (χ2v) is 2.18. The Morgan fingerprint density at radius 2 is 1.90 bits per heavy atom. The summed E-state index contributed by atoms with van der Waals surface area (Å²) >= 11 is 1.46. The monoisotopic (exact) mass is 153 g/mol. The predicted molar refractivity (Wildman–Crippen MR) is 40.8 cm³/mol. The van der Waals surface area contributed by atoms with Crippen molar-refractivity contribution < 1.29 is 4.42 Å². The molecule has 0 saturated carbocycles. The lowest BCUT2D eigenvalue weighted by Crippen LogP contribution is -1.32. The predicted octanol–water partition coefficient (Wildman–Crippen LogP) is 2.42. The molecule has 3 heteroatoms. The molecule has 2 heterocycles. The summed E-state index contributed by atoms with van der Waals surface area (Å²) in [6, 6.07) is 5.57. The normalized spacial score (nSPS) is 8.00. The Kier molecular flexibility index (Phi) is 3.34. The molecule has 10 heavy (non-hydrogen) atoms. The molecule has 0 atom stereocenters. The van der Waals surface area contributed by atoms with Gasteiger partial charge in [-0.1, -0.05) is 0 Å². The van der Waals surface area contributed by atoms with Crippen LogP contribution in [0.2, 0.25) is 0 Å². The molecule has 52 valence electrons. The fraction of sp³-hybridized carbons (Fsp3) is 0. The highest BCUT2D eigenvalue weighted by Gasteiger charge is 1.60. The Balaban J connectivity index is 0.0000001000. The van der Waals surface area contributed by atoms with E-state index in [2.05, 4.69) is 8.79 Å². The summed E-state index contributed by atoms with van der Waals surface area (Å²) in [6.07, 6.45) is 5.02. The lowest BCUT2D eigenvalue weighted by atomic mass is 10.7. The fourth-order valence-corrected chi connectivity index (χ4v) is 0.754. The molecule has 0 aliphatic heterocycles. The summed E-state index contributed by atoms with van der Waals surface area (Å²) in [7, 11) is 0. The van der Waals surface area contributed by atoms with Crippen molar-refractivity contribution in [1.82, 2.24) is 4.37 Å². The number of nitrogens with zero attached hydrogens (tertiary/aromatic N) is 1. The van der Waals surface area contributed by atoms with Crippen LogP contribution in [0.1, 0.15) is 0 Å². The van der Waals surface area contributed by atoms with Gasteiger partial charge in [0.05, 0.1) is 12.5 Å². The van der Waals surface area contributed by atoms with E-state index in [4.69, 9.17) is 0 Å². The molecule has 0 amide bonds. The summed E-state index contributed by atoms with van der Waals surface area (Å²) < 4.78 is 8.35. The Morgan fingerprint density at radius 3 is 2.10 bits per heavy atom. The van der Waals surface area contributed by atoms with E-state index < -0.39 is 0 Å². The van der Waals surface area contributed by atoms with Crippen molar-refractivity contribution in [1.29, 1.82) is 0 Å². The van der Waals surface area contributed by atoms with Gasteiger partial charge in [0.15, 0.2) is 0 Å². The molecule has 0 N–H and O–H groups in total. The van der Waals surface area contributed by atoms with Crippen LogP contribution in [0.3, 0.4) is 0 Å². The smallest absolute Gasteiger partial charge is 0.0902 e. The van der Waals surface area contributed by atoms with Gasteiger partial charge < -0.3 is 4.42 Å². The van der Waals surface area contributed by atoms with Crippen molar-refractivity contribution in [3.63, 3.8) is 0 Å². The third kappa shape index (κ3) is 3.04. The van der Waals surface area contributed by atoms with E-state index in [1.807, 2.05) is 23.6 Å². The lowest BCUT2D eigenvalue weighted by Gasteiger charge is -1.50. The van der Waals surface area contributed by atoms with E-state index in [9.17, 15) is 0 Å². The average molecular weight is 153 g/mol. The highest BCUT2D eigenvalue weighted by molar-refractivity contribution is 7.03. The summed E-state index contributed by atoms with van der Waals surface area (Å²) in [4.78, 5) is 0. The van der Waals surface area contributed by atoms with Crippen LogP contribution in [-0.2, 0) is 0 Å². The lowest BCUT2D eigenvalue weighted by molar-refractivity contribution is 0.567. The third-order valence-electron chi connectivity index (χ3n) is 0.773. The van der Waals surface area contributed by atoms with Crippen LogP contribution < -0.4 is 0 Å². The van der Waals surface area contributed by atoms with Crippen LogP contribution in [-0.4, -0.2) is 4.37 Å². The topological polar surface area (TPSA) is 26.0 Å². The van der Waals surface area contributed by atoms with Gasteiger partial charge in [-0.25, -0.2) is 4.37 Å². The SMILES string of the molecule is c1ccoc1.c1cnsc1. The minimum atomic E-state index is 1.46. The molecule has 0 unspecified atom stereocenters. The van der Waals surface area contributed by atoms with E-state index in [0.717, 1.165) is 0 Å². The number of furan rings is 1. The van der Waals surface area contributed by atoms with Crippen LogP contribution in [0.4, 0.5) is 0 Å². The molecule has 0 aromatic carbocycles. The standard InChI is InChI=1S/C4H4O.C3H3NS/c2*1-2-4-5-3-1/h1-4H;1-3H. The fourth-order valence-electron chi connectivity index (χ4n) is 0.402. The molecule has 0 bridgehead atoms. The molecule has 0 aliphatic rings. The number of hydrogen-bond donors (Lipinski definition) is 0. The third-order valence-corrected chi connectivity index (χ3v) is 1.29. The van der Waals surface area contributed by atoms with Crippen molar-refractivity contribution >= 4 is 11.5 Å². The van der Waals surface area contributed by atoms with E-state index in [1.54, 1.807) is 18.7 Å². The molecule has 0 spiro atoms. The maximum Gasteiger partial charge on any atom is 0.0902 e. The summed E-state index contributed by atoms with van der Waals surface area (Å²) in [5.41, 5.74) is 0. The molecule has 2 aromatic rings. The minimum Gasteiger partial charge on any atom is -0.473 e. The summed E-state index contributed by atoms with van der Waals surface area (Å²) in [5.74, 6) is 0. The first-order valence-corrected chi connectivity index (χ1v) is 3.65. The quantitative estimate of drug-likeness (QED) is 0.581. The number of hydrogen-bond acceptors (Lipinski definition) is 3. The first-order valence-electron chi connectivity index (χ1n) is 2.81. The van der Waals surface area contributed by atoms with E-state index in [1.165, 1.54) is 11.5 Å². The molecular weight excluding hydrogens is 146 g/mol. The Morgan fingerprint density at radius 1 is 1.10 bits per heavy atom. The number of rotatable bonds is 0. The van der Waals surface area contributed by atoms with Crippen LogP contribution in [0, 0.1) is 0 Å². The number of aromatic nitrogens is 1. The molecule has 2 nitrogen and oxygen atoms in total. The van der Waals surface area contributed by atoms with Crippen molar-refractivity contribution in [3.8, 4) is 0 Å². The molecule has 0 radical (unpaired) electrons. The zero-order valence-corrected chi connectivity index (χ0v) is 6.12. The van der Waals surface area contributed by atoms with Gasteiger partial charge in [-0.3, -0.25) is 0 Å². The zero-order valence-electron chi connectivity index (χ0n) is 5.31. The molecule has 0 saturated heterocycles. The van der Waals surface area contributed by atoms with Crippen molar-refractivity contribution in [2.45, 2.75) is 0 Å². The first kappa shape index (κ1) is 7.02.